The van der Waals surface area contributed by atoms with E-state index in [0.717, 1.165) is 24.1 Å². The molecular weight excluding hydrogens is 590 g/mol. The van der Waals surface area contributed by atoms with Gasteiger partial charge >= 0.3 is 0 Å². The van der Waals surface area contributed by atoms with E-state index >= 15 is 0 Å². The quantitative estimate of drug-likeness (QED) is 0.208. The van der Waals surface area contributed by atoms with E-state index in [0.29, 0.717) is 14.7 Å². The smallest absolute Gasteiger partial charge is 0.283 e. The molecule has 0 aliphatic carbocycles. The van der Waals surface area contributed by atoms with Crippen LogP contribution in [0.15, 0.2) is 12.1 Å². The van der Waals surface area contributed by atoms with Gasteiger partial charge in [0.05, 0.1) is 0 Å². The number of imide groups is 4. The third-order valence-electron chi connectivity index (χ3n) is 5.99. The molecule has 14 heteroatoms. The number of hydrogen-bond acceptors (Lipinski definition) is 8. The molecule has 4 fully saturated rings. The Morgan fingerprint density at radius 1 is 0.636 bits per heavy atom. The van der Waals surface area contributed by atoms with Gasteiger partial charge in [-0.2, -0.15) is 11.4 Å². The maximum Gasteiger partial charge on any atom is 0.283 e. The Hall–Kier alpha value is -2.01. The van der Waals surface area contributed by atoms with E-state index in [1.165, 1.54) is 6.92 Å². The Balaban J connectivity index is 0.00000153. The maximum absolute atomic E-state index is 12.5. The summed E-state index contributed by atoms with van der Waals surface area (Å²) in [6.07, 6.45) is 0. The summed E-state index contributed by atoms with van der Waals surface area (Å²) in [4.78, 5) is 100. The zero-order chi connectivity index (χ0) is 22.6. The largest absolute Gasteiger partial charge is 0.327 e. The summed E-state index contributed by atoms with van der Waals surface area (Å²) in [6.45, 7) is 1.57. The molecule has 4 heterocycles. The van der Waals surface area contributed by atoms with Gasteiger partial charge in [0.1, 0.15) is 0 Å². The molecule has 1 aromatic carbocycles. The summed E-state index contributed by atoms with van der Waals surface area (Å²) in [6, 6.07) is 7.15. The Labute approximate surface area is 235 Å². The number of rotatable bonds is 3. The molecular formula is C19H10N4O8Y2-2. The average Bonchev–Trinajstić information content (AvgIpc) is 2.75. The monoisotopic (exact) mass is 600 g/mol. The first-order chi connectivity index (χ1) is 14.6. The van der Waals surface area contributed by atoms with Crippen LogP contribution in [0.3, 0.4) is 0 Å². The van der Waals surface area contributed by atoms with Crippen LogP contribution in [0.4, 0.5) is 11.4 Å². The molecule has 33 heavy (non-hydrogen) atoms. The minimum absolute atomic E-state index is 0. The van der Waals surface area contributed by atoms with Crippen molar-refractivity contribution in [2.75, 3.05) is 23.4 Å². The van der Waals surface area contributed by atoms with Crippen LogP contribution in [0.2, 0.25) is 0 Å². The third kappa shape index (κ3) is 2.45. The molecule has 1 aromatic rings. The summed E-state index contributed by atoms with van der Waals surface area (Å²) in [7, 11) is 1.15. The van der Waals surface area contributed by atoms with Crippen molar-refractivity contribution in [1.29, 1.82) is 0 Å². The van der Waals surface area contributed by atoms with Gasteiger partial charge in [-0.25, -0.2) is 0 Å². The first-order valence-corrected chi connectivity index (χ1v) is 8.99. The van der Waals surface area contributed by atoms with Gasteiger partial charge in [-0.1, -0.05) is 0 Å². The van der Waals surface area contributed by atoms with E-state index in [1.807, 2.05) is 0 Å². The van der Waals surface area contributed by atoms with E-state index < -0.39 is 58.1 Å². The SMILES string of the molecule is CCN1C(=O)C2(C1=O)C(=O)N(c1[c-]cc(N3C(=O)C4(C(=O)N(C)C4=O)C3=O)[c-]c1)C2=O.[Y].[Y]. The van der Waals surface area contributed by atoms with Crippen molar-refractivity contribution in [3.05, 3.63) is 24.3 Å². The van der Waals surface area contributed by atoms with Gasteiger partial charge in [0, 0.05) is 79.0 Å². The van der Waals surface area contributed by atoms with Gasteiger partial charge in [0.25, 0.3) is 58.1 Å². The Bertz CT molecular complexity index is 1160. The minimum Gasteiger partial charge on any atom is -0.327 e. The second-order valence-electron chi connectivity index (χ2n) is 7.26. The molecule has 0 unspecified atom stereocenters. The van der Waals surface area contributed by atoms with Gasteiger partial charge in [0.15, 0.2) is 0 Å². The molecule has 4 aliphatic rings. The van der Waals surface area contributed by atoms with Crippen molar-refractivity contribution in [2.24, 2.45) is 10.8 Å². The standard InChI is InChI=1S/C19H10N4O8.2Y/c1-3-21-12(26)19(13(21)27)16(30)23(17(19)31)9-6-4-8(5-7-9)22-14(28)18(15(22)29)10(24)20(2)11(18)25;;/h4,7H,3H2,1-2H3;;/q-2;;. The second-order valence-corrected chi connectivity index (χ2v) is 7.26. The van der Waals surface area contributed by atoms with Crippen molar-refractivity contribution in [2.45, 2.75) is 6.92 Å². The maximum atomic E-state index is 12.5. The number of amides is 8. The van der Waals surface area contributed by atoms with Gasteiger partial charge < -0.3 is 9.80 Å². The number of anilines is 2. The van der Waals surface area contributed by atoms with Crippen LogP contribution in [0, 0.1) is 23.0 Å². The van der Waals surface area contributed by atoms with Crippen LogP contribution in [-0.4, -0.2) is 70.6 Å². The normalized spacial score (nSPS) is 22.0. The predicted molar refractivity (Wildman–Crippen MR) is 94.1 cm³/mol. The Morgan fingerprint density at radius 2 is 0.970 bits per heavy atom. The fourth-order valence-corrected chi connectivity index (χ4v) is 4.18. The average molecular weight is 600 g/mol. The summed E-state index contributed by atoms with van der Waals surface area (Å²) >= 11 is 0. The Kier molecular flexibility index (Phi) is 6.02. The summed E-state index contributed by atoms with van der Waals surface area (Å²) in [5, 5.41) is 0. The molecule has 5 rings (SSSR count). The molecule has 8 amide bonds. The van der Waals surface area contributed by atoms with Crippen LogP contribution in [-0.2, 0) is 104 Å². The predicted octanol–water partition coefficient (Wildman–Crippen LogP) is -2.61. The van der Waals surface area contributed by atoms with Gasteiger partial charge in [-0.05, 0) is 6.92 Å². The molecule has 0 saturated carbocycles. The van der Waals surface area contributed by atoms with Gasteiger partial charge in [0.2, 0.25) is 0 Å². The summed E-state index contributed by atoms with van der Waals surface area (Å²) < 4.78 is 0. The van der Waals surface area contributed by atoms with Crippen LogP contribution in [0.5, 0.6) is 0 Å². The van der Waals surface area contributed by atoms with Gasteiger partial charge in [-0.3, -0.25) is 72.4 Å². The number of benzene rings is 1. The van der Waals surface area contributed by atoms with Crippen LogP contribution in [0.25, 0.3) is 0 Å². The number of hydrogen-bond donors (Lipinski definition) is 0. The van der Waals surface area contributed by atoms with Crippen molar-refractivity contribution in [1.82, 2.24) is 9.80 Å². The zero-order valence-electron chi connectivity index (χ0n) is 17.1. The summed E-state index contributed by atoms with van der Waals surface area (Å²) in [5.41, 5.74) is -4.98. The van der Waals surface area contributed by atoms with Crippen LogP contribution in [0.1, 0.15) is 6.92 Å². The molecule has 0 bridgehead atoms. The second kappa shape index (κ2) is 7.76. The molecule has 4 aliphatic heterocycles. The van der Waals surface area contributed by atoms with Gasteiger partial charge in [-0.15, -0.1) is 0 Å². The molecule has 0 atom stereocenters. The molecule has 4 saturated heterocycles. The number of β-lactam (4-membered cyclic amide) rings is 8. The van der Waals surface area contributed by atoms with Crippen molar-refractivity contribution < 1.29 is 104 Å². The Morgan fingerprint density at radius 3 is 1.27 bits per heavy atom. The number of nitrogens with zero attached hydrogens (tertiary/aromatic N) is 4. The number of carbonyl (C=O) groups is 8. The van der Waals surface area contributed by atoms with Crippen molar-refractivity contribution in [3.8, 4) is 0 Å². The minimum atomic E-state index is -2.34. The first kappa shape index (κ1) is 25.6. The summed E-state index contributed by atoms with van der Waals surface area (Å²) in [5.74, 6) is -7.67. The molecule has 162 valence electrons. The molecule has 12 nitrogen and oxygen atoms in total. The molecule has 2 radical (unpaired) electrons. The van der Waals surface area contributed by atoms with E-state index in [4.69, 9.17) is 0 Å². The topological polar surface area (TPSA) is 150 Å². The van der Waals surface area contributed by atoms with Crippen LogP contribution >= 0.6 is 0 Å². The third-order valence-corrected chi connectivity index (χ3v) is 5.99. The van der Waals surface area contributed by atoms with Crippen LogP contribution < -0.4 is 9.80 Å². The van der Waals surface area contributed by atoms with Crippen molar-refractivity contribution >= 4 is 58.6 Å². The van der Waals surface area contributed by atoms with E-state index in [1.54, 1.807) is 0 Å². The molecule has 0 N–H and O–H groups in total. The fraction of sp³-hybridized carbons (Fsp3) is 0.263. The van der Waals surface area contributed by atoms with E-state index in [9.17, 15) is 38.4 Å². The first-order valence-electron chi connectivity index (χ1n) is 8.99. The van der Waals surface area contributed by atoms with Crippen molar-refractivity contribution in [3.63, 3.8) is 0 Å². The number of carbonyl (C=O) groups excluding carboxylic acids is 8. The van der Waals surface area contributed by atoms with E-state index in [2.05, 4.69) is 12.1 Å². The fourth-order valence-electron chi connectivity index (χ4n) is 4.18. The zero-order valence-corrected chi connectivity index (χ0v) is 22.7. The molecule has 0 aromatic heterocycles. The van der Waals surface area contributed by atoms with E-state index in [-0.39, 0.29) is 83.3 Å². The molecule has 2 spiro atoms. The number of likely N-dealkylation sites (tertiary alicyclic amines) is 2.